The minimum atomic E-state index is -4.56. The average molecular weight is 1610 g/mol. The fourth-order valence-electron chi connectivity index (χ4n) is 12.1. The smallest absolute Gasteiger partial charge is 0.472 e. The molecule has 5 aromatic rings. The number of likely N-dealkylation sites (N-methyl/N-ethyl adjacent to an activating group) is 1. The molecule has 26 nitrogen and oxygen atoms in total. The number of carbonyl (C=O) groups excluding carboxylic acids is 9. The van der Waals surface area contributed by atoms with Crippen molar-refractivity contribution in [3.05, 3.63) is 173 Å². The van der Waals surface area contributed by atoms with E-state index in [0.29, 0.717) is 73.9 Å². The Hall–Kier alpha value is -8.88. The van der Waals surface area contributed by atoms with E-state index in [1.54, 1.807) is 62.4 Å². The molecule has 7 N–H and O–H groups in total. The number of hydrogen-bond donors (Lipinski definition) is 7. The normalized spacial score (nSPS) is 13.7. The summed E-state index contributed by atoms with van der Waals surface area (Å²) < 4.78 is 58.8. The van der Waals surface area contributed by atoms with Gasteiger partial charge in [0.25, 0.3) is 0 Å². The largest absolute Gasteiger partial charge is 0.489 e. The molecule has 27 heteroatoms. The lowest BCUT2D eigenvalue weighted by molar-refractivity contribution is -0.870. The van der Waals surface area contributed by atoms with Gasteiger partial charge in [0, 0.05) is 26.2 Å². The second kappa shape index (κ2) is 55.6. The third-order valence-corrected chi connectivity index (χ3v) is 19.8. The Morgan fingerprint density at radius 1 is 0.447 bits per heavy atom. The molecular formula is C87H127N7O19P+. The lowest BCUT2D eigenvalue weighted by Crippen LogP contribution is -2.59. The van der Waals surface area contributed by atoms with Gasteiger partial charge in [-0.2, -0.15) is 0 Å². The van der Waals surface area contributed by atoms with Crippen LogP contribution in [0.2, 0.25) is 0 Å². The highest BCUT2D eigenvalue weighted by atomic mass is 31.2. The van der Waals surface area contributed by atoms with Crippen molar-refractivity contribution in [1.82, 2.24) is 31.9 Å². The predicted octanol–water partition coefficient (Wildman–Crippen LogP) is 12.2. The summed E-state index contributed by atoms with van der Waals surface area (Å²) in [5.74, 6) is -5.62. The number of phosphoric acid groups is 1. The lowest BCUT2D eigenvalue weighted by atomic mass is 10.0. The number of benzene rings is 5. The van der Waals surface area contributed by atoms with Crippen LogP contribution < -0.4 is 36.6 Å². The van der Waals surface area contributed by atoms with E-state index in [4.69, 9.17) is 37.5 Å². The van der Waals surface area contributed by atoms with Crippen molar-refractivity contribution < 1.29 is 94.6 Å². The van der Waals surface area contributed by atoms with Crippen LogP contribution in [0.5, 0.6) is 5.75 Å². The maximum absolute atomic E-state index is 14.8. The molecule has 114 heavy (non-hydrogen) atoms. The number of carbonyl (C=O) groups is 9. The molecule has 0 aliphatic rings. The first-order valence-electron chi connectivity index (χ1n) is 40.6. The lowest BCUT2D eigenvalue weighted by Gasteiger charge is -2.28. The topological polar surface area (TPSA) is 337 Å². The maximum Gasteiger partial charge on any atom is 0.472 e. The zero-order valence-electron chi connectivity index (χ0n) is 68.1. The number of hydrogen-bond acceptors (Lipinski definition) is 18. The monoisotopic (exact) mass is 1600 g/mol. The van der Waals surface area contributed by atoms with Crippen molar-refractivity contribution in [3.63, 3.8) is 0 Å². The summed E-state index contributed by atoms with van der Waals surface area (Å²) in [4.78, 5) is 134. The van der Waals surface area contributed by atoms with Crippen LogP contribution in [-0.2, 0) is 113 Å². The van der Waals surface area contributed by atoms with Crippen LogP contribution in [0.3, 0.4) is 0 Å². The van der Waals surface area contributed by atoms with Gasteiger partial charge >= 0.3 is 25.7 Å². The van der Waals surface area contributed by atoms with Crippen molar-refractivity contribution in [1.29, 1.82) is 0 Å². The molecule has 0 saturated carbocycles. The van der Waals surface area contributed by atoms with Crippen molar-refractivity contribution >= 4 is 61.2 Å². The van der Waals surface area contributed by atoms with Crippen LogP contribution in [0.15, 0.2) is 146 Å². The quantitative estimate of drug-likeness (QED) is 0.00625. The van der Waals surface area contributed by atoms with Crippen LogP contribution in [0.4, 0.5) is 0 Å². The van der Waals surface area contributed by atoms with Gasteiger partial charge in [0.05, 0.1) is 66.3 Å². The van der Waals surface area contributed by atoms with E-state index in [0.717, 1.165) is 47.9 Å². The highest BCUT2D eigenvalue weighted by Gasteiger charge is 2.34. The molecule has 5 rings (SSSR count). The second-order valence-corrected chi connectivity index (χ2v) is 31.4. The molecule has 0 heterocycles. The molecule has 0 aliphatic carbocycles. The molecule has 0 spiro atoms. The Labute approximate surface area is 674 Å². The highest BCUT2D eigenvalue weighted by Crippen LogP contribution is 2.43. The van der Waals surface area contributed by atoms with Gasteiger partial charge in [-0.1, -0.05) is 256 Å². The first-order chi connectivity index (χ1) is 54.8. The fourth-order valence-corrected chi connectivity index (χ4v) is 12.9. The van der Waals surface area contributed by atoms with Gasteiger partial charge in [0.15, 0.2) is 6.10 Å². The third kappa shape index (κ3) is 43.6. The summed E-state index contributed by atoms with van der Waals surface area (Å²) in [5.41, 5.74) is 3.96. The van der Waals surface area contributed by atoms with E-state index < -0.39 is 123 Å². The minimum absolute atomic E-state index is 0.00256. The fraction of sp³-hybridized carbons (Fsp3) is 0.552. The zero-order chi connectivity index (χ0) is 82.6. The molecular weight excluding hydrogens is 1480 g/mol. The molecule has 0 bridgehead atoms. The highest BCUT2D eigenvalue weighted by molar-refractivity contribution is 7.47. The number of unbranched alkanes of at least 4 members (excludes halogenated alkanes) is 18. The zero-order valence-corrected chi connectivity index (χ0v) is 69.0. The molecule has 628 valence electrons. The maximum atomic E-state index is 14.8. The van der Waals surface area contributed by atoms with E-state index in [1.165, 1.54) is 64.7 Å². The van der Waals surface area contributed by atoms with Gasteiger partial charge in [-0.3, -0.25) is 47.4 Å². The number of rotatable bonds is 61. The summed E-state index contributed by atoms with van der Waals surface area (Å²) in [6, 6.07) is 38.9. The van der Waals surface area contributed by atoms with Gasteiger partial charge in [-0.05, 0) is 73.1 Å². The SMILES string of the molecule is CCCCCCCCCCCCCCCC(=O)OC[C@H](COP(=O)(O)OCC[N+](C)(C)C)OC(=O)CCCCCCCCC[C@H](NC(=O)[C@@H](NC(=O)CNC(=O)[C@@H](NC(C)=O)[C@@H](C)OCc1ccccc1)[C@@H](C)OCc1ccccc1)C(=O)NCC(=O)N[C@@H](Cc1ccc(OCc2ccccc2)cc1)C(=O)OCc1ccccc1. The Balaban J connectivity index is 1.23. The van der Waals surface area contributed by atoms with Crippen LogP contribution in [-0.4, -0.2) is 166 Å². The molecule has 5 aromatic carbocycles. The average Bonchev–Trinajstić information content (AvgIpc) is 0.876. The number of esters is 3. The summed E-state index contributed by atoms with van der Waals surface area (Å²) in [6.45, 7) is 5.21. The number of quaternary nitrogens is 1. The summed E-state index contributed by atoms with van der Waals surface area (Å²) in [7, 11) is 1.14. The van der Waals surface area contributed by atoms with Gasteiger partial charge in [0.1, 0.15) is 62.9 Å². The number of phosphoric ester groups is 1. The first-order valence-corrected chi connectivity index (χ1v) is 42.1. The Bertz CT molecular complexity index is 3630. The first kappa shape index (κ1) is 95.7. The molecule has 0 aliphatic heterocycles. The number of amides is 6. The number of nitrogens with one attached hydrogen (secondary N) is 6. The Morgan fingerprint density at radius 2 is 0.895 bits per heavy atom. The Kier molecular flexibility index (Phi) is 46.7. The van der Waals surface area contributed by atoms with E-state index in [-0.39, 0.29) is 58.7 Å². The van der Waals surface area contributed by atoms with Crippen molar-refractivity contribution in [2.75, 3.05) is 60.6 Å². The predicted molar refractivity (Wildman–Crippen MR) is 435 cm³/mol. The summed E-state index contributed by atoms with van der Waals surface area (Å²) >= 11 is 0. The summed E-state index contributed by atoms with van der Waals surface area (Å²) in [5, 5.41) is 16.0. The van der Waals surface area contributed by atoms with E-state index in [2.05, 4.69) is 38.8 Å². The van der Waals surface area contributed by atoms with Gasteiger partial charge < -0.3 is 69.7 Å². The van der Waals surface area contributed by atoms with Gasteiger partial charge in [-0.15, -0.1) is 0 Å². The molecule has 0 aromatic heterocycles. The van der Waals surface area contributed by atoms with E-state index in [9.17, 15) is 52.6 Å². The van der Waals surface area contributed by atoms with Crippen molar-refractivity contribution in [3.8, 4) is 5.75 Å². The van der Waals surface area contributed by atoms with Crippen LogP contribution >= 0.6 is 7.82 Å². The third-order valence-electron chi connectivity index (χ3n) is 18.9. The molecule has 6 amide bonds. The molecule has 1 unspecified atom stereocenters. The van der Waals surface area contributed by atoms with E-state index >= 15 is 0 Å². The standard InChI is InChI=1S/C87H126N7O19P/c1-8-9-10-11-12-13-14-15-16-17-20-23-38-49-80(98)109-64-75(65-112-114(104,105)111-56-55-94(5,6)7)113-81(99)50-39-24-21-18-19-22-37-48-76(84(100)88-58-78(96)91-77(87(103)110-63-73-46-35-28-36-47-73)57-69-51-53-74(54-52-69)108-62-72-44-33-27-34-45-72)92-86(102)83(67(3)107-61-71-42-31-26-32-43-71)93-79(97)59-89-85(101)82(90-68(4)95)66(2)106-60-70-40-29-25-30-41-70/h25-36,40-47,51-54,66-67,75-77,82-83H,8-24,37-39,48-50,55-65H2,1-7H3,(H6-,88,89,90,91,92,93,95,96,97,100,101,102,104,105)/p+1/t66-,67-,75-,76+,77+,82+,83+/m1/s1. The summed E-state index contributed by atoms with van der Waals surface area (Å²) in [6.07, 6.45) is 16.4. The van der Waals surface area contributed by atoms with Crippen LogP contribution in [0, 0.1) is 0 Å². The molecule has 8 atom stereocenters. The number of nitrogens with zero attached hydrogens (tertiary/aromatic N) is 1. The number of ether oxygens (including phenoxy) is 6. The minimum Gasteiger partial charge on any atom is -0.489 e. The molecule has 0 fully saturated rings. The van der Waals surface area contributed by atoms with Gasteiger partial charge in [-0.25, -0.2) is 9.36 Å². The van der Waals surface area contributed by atoms with Crippen LogP contribution in [0.1, 0.15) is 203 Å². The molecule has 0 saturated heterocycles. The molecule has 0 radical (unpaired) electrons. The van der Waals surface area contributed by atoms with Gasteiger partial charge in [0.2, 0.25) is 35.4 Å². The Morgan fingerprint density at radius 3 is 1.39 bits per heavy atom. The van der Waals surface area contributed by atoms with Crippen molar-refractivity contribution in [2.24, 2.45) is 0 Å². The van der Waals surface area contributed by atoms with Crippen molar-refractivity contribution in [2.45, 2.75) is 251 Å². The van der Waals surface area contributed by atoms with E-state index in [1.807, 2.05) is 118 Å². The second-order valence-electron chi connectivity index (χ2n) is 30.0. The van der Waals surface area contributed by atoms with Crippen LogP contribution in [0.25, 0.3) is 0 Å².